The van der Waals surface area contributed by atoms with Gasteiger partial charge in [-0.15, -0.1) is 0 Å². The first-order chi connectivity index (χ1) is 9.59. The lowest BCUT2D eigenvalue weighted by Gasteiger charge is -2.08. The van der Waals surface area contributed by atoms with Crippen LogP contribution in [-0.4, -0.2) is 10.3 Å². The van der Waals surface area contributed by atoms with Crippen molar-refractivity contribution in [3.05, 3.63) is 70.1 Å². The summed E-state index contributed by atoms with van der Waals surface area (Å²) >= 11 is -1.50. The predicted molar refractivity (Wildman–Crippen MR) is 79.5 cm³/mol. The monoisotopic (exact) mass is 283 g/mol. The normalized spacial score (nSPS) is 19.9. The third kappa shape index (κ3) is 1.94. The summed E-state index contributed by atoms with van der Waals surface area (Å²) in [4.78, 5) is 13.1. The highest BCUT2D eigenvalue weighted by atomic mass is 32.2. The second kappa shape index (κ2) is 4.81. The van der Waals surface area contributed by atoms with E-state index in [9.17, 15) is 9.35 Å². The van der Waals surface area contributed by atoms with Gasteiger partial charge in [0.05, 0.1) is 11.3 Å². The molecule has 1 atom stereocenters. The van der Waals surface area contributed by atoms with Crippen LogP contribution in [0.1, 0.15) is 21.5 Å². The zero-order valence-electron chi connectivity index (χ0n) is 10.9. The van der Waals surface area contributed by atoms with E-state index in [1.54, 1.807) is 24.3 Å². The minimum atomic E-state index is -1.50. The topological polar surface area (TPSA) is 66.2 Å². The molecule has 0 bridgehead atoms. The molecular formula is C16H13NO2S. The summed E-state index contributed by atoms with van der Waals surface area (Å²) in [7, 11) is 0. The molecule has 1 heterocycles. The maximum absolute atomic E-state index is 12.4. The van der Waals surface area contributed by atoms with Crippen molar-refractivity contribution in [2.75, 3.05) is 0 Å². The van der Waals surface area contributed by atoms with Gasteiger partial charge < -0.3 is 10.3 Å². The van der Waals surface area contributed by atoms with Crippen molar-refractivity contribution in [2.24, 2.45) is 5.73 Å². The molecule has 0 aromatic heterocycles. The van der Waals surface area contributed by atoms with Gasteiger partial charge in [0.2, 0.25) is 10.7 Å². The molecule has 1 unspecified atom stereocenters. The lowest BCUT2D eigenvalue weighted by Crippen LogP contribution is -2.11. The van der Waals surface area contributed by atoms with Crippen LogP contribution in [0.4, 0.5) is 0 Å². The molecule has 0 saturated heterocycles. The summed E-state index contributed by atoms with van der Waals surface area (Å²) in [6.45, 7) is 1.97. The first-order valence-electron chi connectivity index (χ1n) is 6.22. The second-order valence-corrected chi connectivity index (χ2v) is 6.09. The molecule has 2 aromatic carbocycles. The third-order valence-corrected chi connectivity index (χ3v) is 4.86. The number of rotatable bonds is 1. The molecular weight excluding hydrogens is 270 g/mol. The number of benzene rings is 2. The number of aryl methyl sites for hydroxylation is 1. The van der Waals surface area contributed by atoms with E-state index < -0.39 is 11.2 Å². The van der Waals surface area contributed by atoms with Crippen LogP contribution in [0.15, 0.2) is 58.3 Å². The number of hydrogen-bond donors (Lipinski definition) is 1. The standard InChI is InChI=1S/C16H13NO2S/c1-10-6-8-11(9-7-10)14(17)16-15(18)12-4-2-3-5-13(12)20(16)19/h2-9H,17H2,1H3/b16-14+. The molecule has 0 spiro atoms. The van der Waals surface area contributed by atoms with E-state index >= 15 is 0 Å². The Morgan fingerprint density at radius 1 is 1.10 bits per heavy atom. The van der Waals surface area contributed by atoms with Crippen LogP contribution in [0.2, 0.25) is 0 Å². The molecule has 1 aliphatic heterocycles. The minimum absolute atomic E-state index is 0.190. The Kier molecular flexibility index (Phi) is 3.12. The number of fused-ring (bicyclic) bond motifs is 1. The molecule has 4 heteroatoms. The largest absolute Gasteiger partial charge is 0.606 e. The van der Waals surface area contributed by atoms with Crippen LogP contribution in [0, 0.1) is 6.92 Å². The highest BCUT2D eigenvalue weighted by Crippen LogP contribution is 2.36. The van der Waals surface area contributed by atoms with Crippen molar-refractivity contribution in [3.63, 3.8) is 0 Å². The number of carbonyl (C=O) groups excluding carboxylic acids is 1. The fourth-order valence-corrected chi connectivity index (χ4v) is 3.60. The first kappa shape index (κ1) is 13.0. The number of Topliss-reactive ketones (excluding diaryl/α,β-unsaturated/α-hetero) is 1. The first-order valence-corrected chi connectivity index (χ1v) is 7.37. The van der Waals surface area contributed by atoms with E-state index in [2.05, 4.69) is 0 Å². The van der Waals surface area contributed by atoms with Gasteiger partial charge >= 0.3 is 0 Å². The van der Waals surface area contributed by atoms with Gasteiger partial charge in [0.1, 0.15) is 0 Å². The summed E-state index contributed by atoms with van der Waals surface area (Å²) in [5, 5.41) is 0. The quantitative estimate of drug-likeness (QED) is 0.646. The van der Waals surface area contributed by atoms with Crippen molar-refractivity contribution < 1.29 is 9.35 Å². The average Bonchev–Trinajstić information content (AvgIpc) is 2.72. The maximum atomic E-state index is 12.4. The van der Waals surface area contributed by atoms with Gasteiger partial charge in [-0.05, 0) is 19.1 Å². The van der Waals surface area contributed by atoms with Gasteiger partial charge in [-0.2, -0.15) is 0 Å². The van der Waals surface area contributed by atoms with E-state index in [-0.39, 0.29) is 10.7 Å². The van der Waals surface area contributed by atoms with Crippen molar-refractivity contribution in [2.45, 2.75) is 11.8 Å². The Bertz CT molecular complexity index is 720. The predicted octanol–water partition coefficient (Wildman–Crippen LogP) is 2.63. The Morgan fingerprint density at radius 3 is 2.40 bits per heavy atom. The molecule has 2 aromatic rings. The summed E-state index contributed by atoms with van der Waals surface area (Å²) in [5.74, 6) is -0.239. The van der Waals surface area contributed by atoms with Crippen LogP contribution in [0.3, 0.4) is 0 Å². The fourth-order valence-electron chi connectivity index (χ4n) is 2.22. The summed E-state index contributed by atoms with van der Waals surface area (Å²) in [5.41, 5.74) is 8.68. The van der Waals surface area contributed by atoms with Crippen LogP contribution in [0.5, 0.6) is 0 Å². The van der Waals surface area contributed by atoms with Gasteiger partial charge in [-0.25, -0.2) is 0 Å². The zero-order chi connectivity index (χ0) is 14.3. The average molecular weight is 283 g/mol. The van der Waals surface area contributed by atoms with Gasteiger partial charge in [0.25, 0.3) is 0 Å². The number of hydrogen-bond acceptors (Lipinski definition) is 3. The highest BCUT2D eigenvalue weighted by molar-refractivity contribution is 7.97. The lowest BCUT2D eigenvalue weighted by molar-refractivity contribution is 0.104. The summed E-state index contributed by atoms with van der Waals surface area (Å²) in [6.07, 6.45) is 0. The van der Waals surface area contributed by atoms with Crippen LogP contribution in [0.25, 0.3) is 5.70 Å². The van der Waals surface area contributed by atoms with Gasteiger partial charge in [0.15, 0.2) is 4.90 Å². The molecule has 20 heavy (non-hydrogen) atoms. The van der Waals surface area contributed by atoms with Crippen molar-refractivity contribution in [1.82, 2.24) is 0 Å². The molecule has 0 radical (unpaired) electrons. The molecule has 1 aliphatic rings. The van der Waals surface area contributed by atoms with Gasteiger partial charge in [-0.1, -0.05) is 42.0 Å². The van der Waals surface area contributed by atoms with Crippen LogP contribution in [-0.2, 0) is 11.2 Å². The molecule has 3 nitrogen and oxygen atoms in total. The SMILES string of the molecule is Cc1ccc(/C(N)=C2/C(=O)c3ccccc3[S+]2[O-])cc1. The maximum Gasteiger partial charge on any atom is 0.248 e. The Balaban J connectivity index is 2.13. The minimum Gasteiger partial charge on any atom is -0.606 e. The number of carbonyl (C=O) groups is 1. The molecule has 0 aliphatic carbocycles. The van der Waals surface area contributed by atoms with Crippen LogP contribution < -0.4 is 5.73 Å². The number of allylic oxidation sites excluding steroid dienone is 1. The lowest BCUT2D eigenvalue weighted by atomic mass is 10.1. The molecule has 3 rings (SSSR count). The molecule has 0 amide bonds. The van der Waals surface area contributed by atoms with Crippen molar-refractivity contribution in [1.29, 1.82) is 0 Å². The fraction of sp³-hybridized carbons (Fsp3) is 0.0625. The van der Waals surface area contributed by atoms with E-state index in [0.717, 1.165) is 11.1 Å². The number of nitrogens with two attached hydrogens (primary N) is 1. The molecule has 0 saturated carbocycles. The third-order valence-electron chi connectivity index (χ3n) is 3.33. The molecule has 100 valence electrons. The summed E-state index contributed by atoms with van der Waals surface area (Å²) in [6, 6.07) is 14.4. The van der Waals surface area contributed by atoms with E-state index in [4.69, 9.17) is 5.73 Å². The van der Waals surface area contributed by atoms with E-state index in [0.29, 0.717) is 16.2 Å². The Hall–Kier alpha value is -2.04. The Morgan fingerprint density at radius 2 is 1.75 bits per heavy atom. The van der Waals surface area contributed by atoms with E-state index in [1.165, 1.54) is 0 Å². The van der Waals surface area contributed by atoms with E-state index in [1.807, 2.05) is 31.2 Å². The van der Waals surface area contributed by atoms with Crippen molar-refractivity contribution in [3.8, 4) is 0 Å². The summed E-state index contributed by atoms with van der Waals surface area (Å²) < 4.78 is 12.4. The smallest absolute Gasteiger partial charge is 0.248 e. The highest BCUT2D eigenvalue weighted by Gasteiger charge is 2.41. The van der Waals surface area contributed by atoms with Gasteiger partial charge in [0, 0.05) is 16.7 Å². The van der Waals surface area contributed by atoms with Crippen LogP contribution >= 0.6 is 0 Å². The Labute approximate surface area is 120 Å². The van der Waals surface area contributed by atoms with Crippen molar-refractivity contribution >= 4 is 22.7 Å². The molecule has 2 N–H and O–H groups in total. The molecule has 0 fully saturated rings. The van der Waals surface area contributed by atoms with Gasteiger partial charge in [-0.3, -0.25) is 4.79 Å². The second-order valence-electron chi connectivity index (χ2n) is 4.70. The zero-order valence-corrected chi connectivity index (χ0v) is 11.7. The number of ketones is 1.